The molecule has 0 spiro atoms. The molecule has 1 atom stereocenters. The summed E-state index contributed by atoms with van der Waals surface area (Å²) in [4.78, 5) is 16.6. The molecule has 1 unspecified atom stereocenters. The molecule has 1 aliphatic rings. The van der Waals surface area contributed by atoms with Crippen molar-refractivity contribution in [2.45, 2.75) is 12.5 Å². The Morgan fingerprint density at radius 3 is 2.36 bits per heavy atom. The standard InChI is InChI=1S/C19H22ClN3O.ClH/c20-16-7-4-8-17(13-16)22-9-11-23(12-10-22)19(24)14-18(21)15-5-2-1-3-6-15;/h1-8,13,18H,9-12,14,21H2;1H. The molecule has 3 rings (SSSR count). The van der Waals surface area contributed by atoms with Crippen LogP contribution in [0.2, 0.25) is 5.02 Å². The predicted octanol–water partition coefficient (Wildman–Crippen LogP) is 3.50. The first-order valence-corrected chi connectivity index (χ1v) is 8.60. The van der Waals surface area contributed by atoms with Crippen LogP contribution in [0.1, 0.15) is 18.0 Å². The number of carbonyl (C=O) groups excluding carboxylic acids is 1. The number of amides is 1. The monoisotopic (exact) mass is 379 g/mol. The van der Waals surface area contributed by atoms with E-state index in [4.69, 9.17) is 17.3 Å². The van der Waals surface area contributed by atoms with Crippen LogP contribution in [-0.2, 0) is 4.79 Å². The minimum Gasteiger partial charge on any atom is -0.368 e. The molecule has 4 nitrogen and oxygen atoms in total. The van der Waals surface area contributed by atoms with Gasteiger partial charge in [0.15, 0.2) is 0 Å². The van der Waals surface area contributed by atoms with E-state index in [2.05, 4.69) is 11.0 Å². The van der Waals surface area contributed by atoms with Crippen LogP contribution in [0.4, 0.5) is 5.69 Å². The molecule has 134 valence electrons. The lowest BCUT2D eigenvalue weighted by atomic mass is 10.0. The van der Waals surface area contributed by atoms with Crippen molar-refractivity contribution >= 4 is 35.6 Å². The molecule has 1 saturated heterocycles. The molecular formula is C19H23Cl2N3O. The summed E-state index contributed by atoms with van der Waals surface area (Å²) in [5.41, 5.74) is 8.28. The fourth-order valence-electron chi connectivity index (χ4n) is 3.02. The molecule has 1 aliphatic heterocycles. The fourth-order valence-corrected chi connectivity index (χ4v) is 3.21. The van der Waals surface area contributed by atoms with Gasteiger partial charge >= 0.3 is 0 Å². The van der Waals surface area contributed by atoms with Crippen LogP contribution in [0, 0.1) is 0 Å². The Balaban J connectivity index is 0.00000225. The van der Waals surface area contributed by atoms with E-state index in [1.54, 1.807) is 0 Å². The summed E-state index contributed by atoms with van der Waals surface area (Å²) >= 11 is 6.05. The molecule has 0 bridgehead atoms. The second-order valence-corrected chi connectivity index (χ2v) is 6.51. The second kappa shape index (κ2) is 9.09. The number of hydrogen-bond donors (Lipinski definition) is 1. The van der Waals surface area contributed by atoms with Crippen molar-refractivity contribution in [3.8, 4) is 0 Å². The van der Waals surface area contributed by atoms with Gasteiger partial charge in [0, 0.05) is 49.4 Å². The Morgan fingerprint density at radius 2 is 1.72 bits per heavy atom. The molecule has 1 fully saturated rings. The van der Waals surface area contributed by atoms with Crippen molar-refractivity contribution in [1.82, 2.24) is 4.90 Å². The Hall–Kier alpha value is -1.75. The van der Waals surface area contributed by atoms with Crippen LogP contribution < -0.4 is 10.6 Å². The topological polar surface area (TPSA) is 49.6 Å². The summed E-state index contributed by atoms with van der Waals surface area (Å²) < 4.78 is 0. The molecule has 25 heavy (non-hydrogen) atoms. The van der Waals surface area contributed by atoms with Crippen LogP contribution >= 0.6 is 24.0 Å². The number of piperazine rings is 1. The maximum Gasteiger partial charge on any atom is 0.224 e. The largest absolute Gasteiger partial charge is 0.368 e. The lowest BCUT2D eigenvalue weighted by molar-refractivity contribution is -0.131. The van der Waals surface area contributed by atoms with E-state index in [1.807, 2.05) is 53.4 Å². The summed E-state index contributed by atoms with van der Waals surface area (Å²) in [6.45, 7) is 3.05. The summed E-state index contributed by atoms with van der Waals surface area (Å²) in [5, 5.41) is 0.736. The maximum absolute atomic E-state index is 12.5. The van der Waals surface area contributed by atoms with Gasteiger partial charge in [-0.3, -0.25) is 4.79 Å². The second-order valence-electron chi connectivity index (χ2n) is 6.07. The molecule has 2 aromatic carbocycles. The van der Waals surface area contributed by atoms with E-state index < -0.39 is 0 Å². The predicted molar refractivity (Wildman–Crippen MR) is 105 cm³/mol. The number of anilines is 1. The van der Waals surface area contributed by atoms with Crippen molar-refractivity contribution in [1.29, 1.82) is 0 Å². The van der Waals surface area contributed by atoms with E-state index in [9.17, 15) is 4.79 Å². The maximum atomic E-state index is 12.5. The van der Waals surface area contributed by atoms with Gasteiger partial charge in [-0.05, 0) is 23.8 Å². The smallest absolute Gasteiger partial charge is 0.224 e. The van der Waals surface area contributed by atoms with E-state index in [0.717, 1.165) is 29.4 Å². The van der Waals surface area contributed by atoms with Crippen LogP contribution in [0.3, 0.4) is 0 Å². The number of benzene rings is 2. The number of nitrogens with two attached hydrogens (primary N) is 1. The van der Waals surface area contributed by atoms with Gasteiger partial charge in [0.1, 0.15) is 0 Å². The molecule has 0 aliphatic carbocycles. The highest BCUT2D eigenvalue weighted by Gasteiger charge is 2.23. The molecule has 0 aromatic heterocycles. The van der Waals surface area contributed by atoms with Gasteiger partial charge in [-0.15, -0.1) is 12.4 Å². The van der Waals surface area contributed by atoms with Crippen molar-refractivity contribution in [2.75, 3.05) is 31.1 Å². The Bertz CT molecular complexity index is 688. The first kappa shape index (κ1) is 19.6. The highest BCUT2D eigenvalue weighted by molar-refractivity contribution is 6.30. The molecule has 6 heteroatoms. The summed E-state index contributed by atoms with van der Waals surface area (Å²) in [6.07, 6.45) is 0.348. The number of halogens is 2. The molecule has 2 N–H and O–H groups in total. The zero-order valence-corrected chi connectivity index (χ0v) is 15.5. The average molecular weight is 380 g/mol. The lowest BCUT2D eigenvalue weighted by Gasteiger charge is -2.36. The highest BCUT2D eigenvalue weighted by atomic mass is 35.5. The average Bonchev–Trinajstić information content (AvgIpc) is 2.62. The SMILES string of the molecule is Cl.NC(CC(=O)N1CCN(c2cccc(Cl)c2)CC1)c1ccccc1. The van der Waals surface area contributed by atoms with E-state index in [-0.39, 0.29) is 24.4 Å². The van der Waals surface area contributed by atoms with Gasteiger partial charge in [0.05, 0.1) is 0 Å². The van der Waals surface area contributed by atoms with Crippen molar-refractivity contribution in [3.05, 3.63) is 65.2 Å². The Kier molecular flexibility index (Phi) is 7.12. The van der Waals surface area contributed by atoms with Crippen LogP contribution in [0.5, 0.6) is 0 Å². The highest BCUT2D eigenvalue weighted by Crippen LogP contribution is 2.21. The fraction of sp³-hybridized carbons (Fsp3) is 0.316. The summed E-state index contributed by atoms with van der Waals surface area (Å²) in [6, 6.07) is 17.4. The lowest BCUT2D eigenvalue weighted by Crippen LogP contribution is -2.49. The van der Waals surface area contributed by atoms with Crippen molar-refractivity contribution in [3.63, 3.8) is 0 Å². The number of carbonyl (C=O) groups is 1. The van der Waals surface area contributed by atoms with Gasteiger partial charge in [-0.1, -0.05) is 48.0 Å². The van der Waals surface area contributed by atoms with Crippen LogP contribution in [0.25, 0.3) is 0 Å². The number of hydrogen-bond acceptors (Lipinski definition) is 3. The van der Waals surface area contributed by atoms with Crippen molar-refractivity contribution < 1.29 is 4.79 Å². The van der Waals surface area contributed by atoms with Crippen LogP contribution in [-0.4, -0.2) is 37.0 Å². The van der Waals surface area contributed by atoms with Gasteiger partial charge in [-0.25, -0.2) is 0 Å². The van der Waals surface area contributed by atoms with Crippen LogP contribution in [0.15, 0.2) is 54.6 Å². The first-order valence-electron chi connectivity index (χ1n) is 8.22. The van der Waals surface area contributed by atoms with E-state index in [1.165, 1.54) is 0 Å². The third-order valence-corrected chi connectivity index (χ3v) is 4.66. The van der Waals surface area contributed by atoms with Gasteiger partial charge in [0.2, 0.25) is 5.91 Å². The van der Waals surface area contributed by atoms with Gasteiger partial charge < -0.3 is 15.5 Å². The summed E-state index contributed by atoms with van der Waals surface area (Å²) in [5.74, 6) is 0.122. The van der Waals surface area contributed by atoms with E-state index in [0.29, 0.717) is 19.5 Å². The third-order valence-electron chi connectivity index (χ3n) is 4.43. The molecule has 1 amide bonds. The minimum absolute atomic E-state index is 0. The summed E-state index contributed by atoms with van der Waals surface area (Å²) in [7, 11) is 0. The first-order chi connectivity index (χ1) is 11.6. The number of nitrogens with zero attached hydrogens (tertiary/aromatic N) is 2. The quantitative estimate of drug-likeness (QED) is 0.883. The zero-order chi connectivity index (χ0) is 16.9. The Labute approximate surface area is 160 Å². The number of rotatable bonds is 4. The van der Waals surface area contributed by atoms with E-state index >= 15 is 0 Å². The molecule has 0 saturated carbocycles. The van der Waals surface area contributed by atoms with Gasteiger partial charge in [-0.2, -0.15) is 0 Å². The minimum atomic E-state index is -0.246. The van der Waals surface area contributed by atoms with Crippen molar-refractivity contribution in [2.24, 2.45) is 5.73 Å². The Morgan fingerprint density at radius 1 is 1.04 bits per heavy atom. The molecule has 2 aromatic rings. The molecule has 1 heterocycles. The molecule has 0 radical (unpaired) electrons. The normalized spacial score (nSPS) is 15.4. The molecular weight excluding hydrogens is 357 g/mol. The zero-order valence-electron chi connectivity index (χ0n) is 14.0. The third kappa shape index (κ3) is 5.11. The van der Waals surface area contributed by atoms with Gasteiger partial charge in [0.25, 0.3) is 0 Å².